The number of aliphatic hydroxyl groups excluding tert-OH is 1. The molecule has 7 heteroatoms. The van der Waals surface area contributed by atoms with Crippen molar-refractivity contribution >= 4 is 18.2 Å². The molecule has 0 bridgehead atoms. The number of benzene rings is 2. The van der Waals surface area contributed by atoms with Gasteiger partial charge in [-0.25, -0.2) is 4.68 Å². The molecule has 0 spiro atoms. The molecule has 0 fully saturated rings. The Labute approximate surface area is 169 Å². The number of hydrogen-bond donors (Lipinski definition) is 1. The molecule has 0 saturated carbocycles. The molecule has 146 valence electrons. The summed E-state index contributed by atoms with van der Waals surface area (Å²) in [7, 11) is 0. The molecule has 1 aromatic heterocycles. The smallest absolute Gasteiger partial charge is 0.307 e. The van der Waals surface area contributed by atoms with Crippen molar-refractivity contribution < 1.29 is 14.6 Å². The van der Waals surface area contributed by atoms with Crippen LogP contribution in [0.3, 0.4) is 0 Å². The summed E-state index contributed by atoms with van der Waals surface area (Å²) in [6.07, 6.45) is 0.189. The zero-order valence-corrected chi connectivity index (χ0v) is 16.8. The second-order valence-electron chi connectivity index (χ2n) is 6.37. The fourth-order valence-corrected chi connectivity index (χ4v) is 3.29. The van der Waals surface area contributed by atoms with Crippen molar-refractivity contribution in [1.82, 2.24) is 14.3 Å². The summed E-state index contributed by atoms with van der Waals surface area (Å²) in [6.45, 7) is 4.36. The highest BCUT2D eigenvalue weighted by Crippen LogP contribution is 2.26. The molecular weight excluding hydrogens is 374 g/mol. The van der Waals surface area contributed by atoms with Crippen LogP contribution in [0.25, 0.3) is 17.1 Å². The van der Waals surface area contributed by atoms with Gasteiger partial charge in [-0.2, -0.15) is 5.10 Å². The minimum Gasteiger partial charge on any atom is -0.466 e. The number of aromatic nitrogens is 3. The van der Waals surface area contributed by atoms with Crippen LogP contribution in [-0.4, -0.2) is 32.0 Å². The molecule has 0 saturated heterocycles. The van der Waals surface area contributed by atoms with Crippen LogP contribution in [0, 0.1) is 11.7 Å². The van der Waals surface area contributed by atoms with Gasteiger partial charge in [0.25, 0.3) is 0 Å². The van der Waals surface area contributed by atoms with Crippen LogP contribution in [-0.2, 0) is 22.7 Å². The predicted molar refractivity (Wildman–Crippen MR) is 110 cm³/mol. The minimum absolute atomic E-state index is 0.105. The minimum atomic E-state index is -0.286. The van der Waals surface area contributed by atoms with E-state index in [1.165, 1.54) is 0 Å². The summed E-state index contributed by atoms with van der Waals surface area (Å²) >= 11 is 5.67. The van der Waals surface area contributed by atoms with Crippen molar-refractivity contribution in [3.05, 3.63) is 64.4 Å². The van der Waals surface area contributed by atoms with Crippen LogP contribution < -0.4 is 0 Å². The van der Waals surface area contributed by atoms with E-state index in [0.29, 0.717) is 23.7 Å². The zero-order chi connectivity index (χ0) is 20.1. The molecule has 0 atom stereocenters. The maximum Gasteiger partial charge on any atom is 0.307 e. The van der Waals surface area contributed by atoms with E-state index in [0.717, 1.165) is 22.4 Å². The van der Waals surface area contributed by atoms with Crippen molar-refractivity contribution in [1.29, 1.82) is 0 Å². The van der Waals surface area contributed by atoms with Gasteiger partial charge < -0.3 is 9.84 Å². The van der Waals surface area contributed by atoms with Gasteiger partial charge in [0.15, 0.2) is 5.82 Å². The quantitative estimate of drug-likeness (QED) is 0.485. The number of carbonyl (C=O) groups excluding carboxylic acids is 1. The number of nitrogens with zero attached hydrogens (tertiary/aromatic N) is 3. The Morgan fingerprint density at radius 2 is 1.89 bits per heavy atom. The number of aryl methyl sites for hydroxylation is 2. The third-order valence-electron chi connectivity index (χ3n) is 4.39. The number of carbonyl (C=O) groups is 1. The maximum absolute atomic E-state index is 11.8. The van der Waals surface area contributed by atoms with E-state index in [9.17, 15) is 9.90 Å². The molecule has 0 aliphatic carbocycles. The van der Waals surface area contributed by atoms with E-state index in [-0.39, 0.29) is 19.0 Å². The van der Waals surface area contributed by atoms with Crippen LogP contribution in [0.1, 0.15) is 24.5 Å². The number of aliphatic hydroxyl groups is 1. The molecule has 28 heavy (non-hydrogen) atoms. The summed E-state index contributed by atoms with van der Waals surface area (Å²) in [5.74, 6) is 0.342. The summed E-state index contributed by atoms with van der Waals surface area (Å²) < 4.78 is 8.99. The Balaban J connectivity index is 2.11. The SMILES string of the molecule is CCOC(=O)CCn1nc(-c2ccccc2CO)n(-c2ccc(C)cc2)c1=S. The topological polar surface area (TPSA) is 69.3 Å². The third kappa shape index (κ3) is 4.21. The van der Waals surface area contributed by atoms with E-state index >= 15 is 0 Å². The van der Waals surface area contributed by atoms with Crippen molar-refractivity contribution in [2.45, 2.75) is 33.4 Å². The highest BCUT2D eigenvalue weighted by atomic mass is 32.1. The monoisotopic (exact) mass is 397 g/mol. The van der Waals surface area contributed by atoms with E-state index in [2.05, 4.69) is 5.10 Å². The molecule has 0 aliphatic heterocycles. The lowest BCUT2D eigenvalue weighted by Gasteiger charge is -2.10. The first-order valence-corrected chi connectivity index (χ1v) is 9.57. The van der Waals surface area contributed by atoms with Crippen molar-refractivity contribution in [2.24, 2.45) is 0 Å². The average molecular weight is 398 g/mol. The Bertz CT molecular complexity index is 1020. The van der Waals surface area contributed by atoms with E-state index in [1.54, 1.807) is 11.6 Å². The van der Waals surface area contributed by atoms with E-state index < -0.39 is 0 Å². The molecule has 0 radical (unpaired) electrons. The van der Waals surface area contributed by atoms with Crippen molar-refractivity contribution in [3.8, 4) is 17.1 Å². The Morgan fingerprint density at radius 1 is 1.18 bits per heavy atom. The van der Waals surface area contributed by atoms with Gasteiger partial charge in [0.2, 0.25) is 4.77 Å². The standard InChI is InChI=1S/C21H23N3O3S/c1-3-27-19(26)12-13-23-21(28)24(17-10-8-15(2)9-11-17)20(22-23)18-7-5-4-6-16(18)14-25/h4-11,25H,3,12-14H2,1-2H3. The molecule has 0 unspecified atom stereocenters. The molecule has 6 nitrogen and oxygen atoms in total. The molecule has 3 rings (SSSR count). The van der Waals surface area contributed by atoms with Crippen LogP contribution in [0.4, 0.5) is 0 Å². The lowest BCUT2D eigenvalue weighted by atomic mass is 10.1. The van der Waals surface area contributed by atoms with Crippen molar-refractivity contribution in [2.75, 3.05) is 6.61 Å². The van der Waals surface area contributed by atoms with Crippen molar-refractivity contribution in [3.63, 3.8) is 0 Å². The van der Waals surface area contributed by atoms with Gasteiger partial charge >= 0.3 is 5.97 Å². The number of rotatable bonds is 7. The first-order chi connectivity index (χ1) is 13.5. The van der Waals surface area contributed by atoms with E-state index in [1.807, 2.05) is 60.0 Å². The van der Waals surface area contributed by atoms with Crippen LogP contribution >= 0.6 is 12.2 Å². The number of ether oxygens (including phenoxy) is 1. The van der Waals surface area contributed by atoms with E-state index in [4.69, 9.17) is 17.0 Å². The van der Waals surface area contributed by atoms with Crippen LogP contribution in [0.15, 0.2) is 48.5 Å². The Morgan fingerprint density at radius 3 is 2.57 bits per heavy atom. The third-order valence-corrected chi connectivity index (χ3v) is 4.79. The molecule has 0 aliphatic rings. The molecule has 1 heterocycles. The highest BCUT2D eigenvalue weighted by molar-refractivity contribution is 7.71. The normalized spacial score (nSPS) is 10.8. The maximum atomic E-state index is 11.8. The van der Waals surface area contributed by atoms with Gasteiger partial charge in [-0.05, 0) is 43.8 Å². The van der Waals surface area contributed by atoms with Crippen LogP contribution in [0.2, 0.25) is 0 Å². The molecule has 3 aromatic rings. The summed E-state index contributed by atoms with van der Waals surface area (Å²) in [5, 5.41) is 14.4. The van der Waals surface area contributed by atoms with Gasteiger partial charge in [0.05, 0.1) is 26.2 Å². The van der Waals surface area contributed by atoms with Gasteiger partial charge in [0.1, 0.15) is 0 Å². The number of hydrogen-bond acceptors (Lipinski definition) is 5. The van der Waals surface area contributed by atoms with Gasteiger partial charge in [-0.1, -0.05) is 42.0 Å². The first kappa shape index (κ1) is 20.0. The molecule has 2 aromatic carbocycles. The lowest BCUT2D eigenvalue weighted by Crippen LogP contribution is -2.10. The second kappa shape index (κ2) is 8.95. The highest BCUT2D eigenvalue weighted by Gasteiger charge is 2.17. The largest absolute Gasteiger partial charge is 0.466 e. The molecular formula is C21H23N3O3S. The van der Waals surface area contributed by atoms with Gasteiger partial charge in [-0.3, -0.25) is 9.36 Å². The Hall–Kier alpha value is -2.77. The number of esters is 1. The summed E-state index contributed by atoms with van der Waals surface area (Å²) in [6, 6.07) is 15.5. The lowest BCUT2D eigenvalue weighted by molar-refractivity contribution is -0.143. The molecule has 1 N–H and O–H groups in total. The average Bonchev–Trinajstić information content (AvgIpc) is 3.03. The fourth-order valence-electron chi connectivity index (χ4n) is 2.96. The summed E-state index contributed by atoms with van der Waals surface area (Å²) in [5.41, 5.74) is 3.57. The second-order valence-corrected chi connectivity index (χ2v) is 6.74. The zero-order valence-electron chi connectivity index (χ0n) is 16.0. The summed E-state index contributed by atoms with van der Waals surface area (Å²) in [4.78, 5) is 11.8. The fraction of sp³-hybridized carbons (Fsp3) is 0.286. The van der Waals surface area contributed by atoms with Gasteiger partial charge in [0, 0.05) is 11.3 Å². The molecule has 0 amide bonds. The van der Waals surface area contributed by atoms with Gasteiger partial charge in [-0.15, -0.1) is 0 Å². The Kier molecular flexibility index (Phi) is 6.38. The predicted octanol–water partition coefficient (Wildman–Crippen LogP) is 3.82. The first-order valence-electron chi connectivity index (χ1n) is 9.16. The van der Waals surface area contributed by atoms with Crippen LogP contribution in [0.5, 0.6) is 0 Å².